The molecule has 1 N–H and O–H groups in total. The number of sulfonamides is 1. The first-order valence-electron chi connectivity index (χ1n) is 6.56. The first-order chi connectivity index (χ1) is 9.87. The Hall–Kier alpha value is -0.340. The Morgan fingerprint density at radius 3 is 2.81 bits per heavy atom. The molecule has 0 spiro atoms. The lowest BCUT2D eigenvalue weighted by Crippen LogP contribution is -2.37. The van der Waals surface area contributed by atoms with Gasteiger partial charge in [-0.05, 0) is 31.4 Å². The number of rotatable bonds is 5. The van der Waals surface area contributed by atoms with Crippen LogP contribution in [0.4, 0.5) is 4.39 Å². The number of hydrogen-bond donors (Lipinski definition) is 1. The first-order valence-corrected chi connectivity index (χ1v) is 9.53. The molecule has 0 amide bonds. The van der Waals surface area contributed by atoms with Gasteiger partial charge in [-0.25, -0.2) is 12.8 Å². The van der Waals surface area contributed by atoms with Crippen LogP contribution in [-0.2, 0) is 16.6 Å². The molecule has 1 fully saturated rings. The van der Waals surface area contributed by atoms with E-state index in [-0.39, 0.29) is 28.1 Å². The van der Waals surface area contributed by atoms with Crippen molar-refractivity contribution in [2.45, 2.75) is 23.9 Å². The summed E-state index contributed by atoms with van der Waals surface area (Å²) in [6.45, 7) is 0.220. The molecule has 8 heteroatoms. The number of nitrogens with one attached hydrogen (secondary N) is 1. The van der Waals surface area contributed by atoms with Crippen molar-refractivity contribution in [3.63, 3.8) is 0 Å². The van der Waals surface area contributed by atoms with Crippen LogP contribution in [0.5, 0.6) is 0 Å². The van der Waals surface area contributed by atoms with E-state index in [9.17, 15) is 12.8 Å². The zero-order valence-electron chi connectivity index (χ0n) is 11.9. The average Bonchev–Trinajstić information content (AvgIpc) is 2.95. The van der Waals surface area contributed by atoms with Crippen molar-refractivity contribution in [3.05, 3.63) is 28.5 Å². The molecule has 1 heterocycles. The van der Waals surface area contributed by atoms with Gasteiger partial charge in [-0.15, -0.1) is 0 Å². The fourth-order valence-corrected chi connectivity index (χ4v) is 5.47. The number of thioether (sulfide) groups is 1. The van der Waals surface area contributed by atoms with Gasteiger partial charge in [0.05, 0.1) is 0 Å². The van der Waals surface area contributed by atoms with E-state index >= 15 is 0 Å². The lowest BCUT2D eigenvalue weighted by atomic mass is 10.2. The summed E-state index contributed by atoms with van der Waals surface area (Å²) in [4.78, 5) is -0.348. The molecular formula is C13H18ClFN2O2S2. The van der Waals surface area contributed by atoms with Gasteiger partial charge in [0.2, 0.25) is 10.0 Å². The molecular weight excluding hydrogens is 335 g/mol. The lowest BCUT2D eigenvalue weighted by Gasteiger charge is -2.24. The summed E-state index contributed by atoms with van der Waals surface area (Å²) in [5.74, 6) is 0.931. The second-order valence-electron chi connectivity index (χ2n) is 4.95. The minimum Gasteiger partial charge on any atom is -0.316 e. The number of hydrogen-bond acceptors (Lipinski definition) is 4. The van der Waals surface area contributed by atoms with Crippen LogP contribution < -0.4 is 5.32 Å². The zero-order valence-corrected chi connectivity index (χ0v) is 14.3. The molecule has 1 atom stereocenters. The highest BCUT2D eigenvalue weighted by Gasteiger charge is 2.33. The van der Waals surface area contributed by atoms with Gasteiger partial charge in [0.25, 0.3) is 0 Å². The monoisotopic (exact) mass is 352 g/mol. The minimum absolute atomic E-state index is 0.0915. The average molecular weight is 353 g/mol. The predicted octanol–water partition coefficient (Wildman–Crippen LogP) is 2.32. The van der Waals surface area contributed by atoms with Gasteiger partial charge < -0.3 is 5.32 Å². The van der Waals surface area contributed by atoms with E-state index < -0.39 is 15.8 Å². The summed E-state index contributed by atoms with van der Waals surface area (Å²) < 4.78 is 41.0. The molecule has 21 heavy (non-hydrogen) atoms. The van der Waals surface area contributed by atoms with E-state index in [4.69, 9.17) is 11.6 Å². The van der Waals surface area contributed by atoms with E-state index in [2.05, 4.69) is 5.32 Å². The van der Waals surface area contributed by atoms with Crippen molar-refractivity contribution >= 4 is 33.4 Å². The lowest BCUT2D eigenvalue weighted by molar-refractivity contribution is 0.391. The number of halogens is 2. The van der Waals surface area contributed by atoms with Gasteiger partial charge in [0.15, 0.2) is 0 Å². The molecule has 0 aliphatic carbocycles. The van der Waals surface area contributed by atoms with Gasteiger partial charge >= 0.3 is 0 Å². The highest BCUT2D eigenvalue weighted by atomic mass is 35.5. The Morgan fingerprint density at radius 2 is 2.24 bits per heavy atom. The molecule has 1 aliphatic rings. The summed E-state index contributed by atoms with van der Waals surface area (Å²) >= 11 is 7.65. The molecule has 0 radical (unpaired) electrons. The maximum Gasteiger partial charge on any atom is 0.246 e. The van der Waals surface area contributed by atoms with Crippen LogP contribution in [0.15, 0.2) is 17.0 Å². The Labute approximate surface area is 134 Å². The first kappa shape index (κ1) is 17.0. The molecule has 0 aromatic heterocycles. The van der Waals surface area contributed by atoms with Crippen molar-refractivity contribution in [3.8, 4) is 0 Å². The molecule has 0 bridgehead atoms. The van der Waals surface area contributed by atoms with Gasteiger partial charge in [-0.3, -0.25) is 0 Å². The quantitative estimate of drug-likeness (QED) is 0.883. The maximum atomic E-state index is 14.5. The molecule has 118 valence electrons. The predicted molar refractivity (Wildman–Crippen MR) is 84.9 cm³/mol. The van der Waals surface area contributed by atoms with E-state index in [1.807, 2.05) is 0 Å². The Kier molecular flexibility index (Phi) is 5.54. The van der Waals surface area contributed by atoms with E-state index in [0.29, 0.717) is 0 Å². The molecule has 1 aromatic rings. The largest absolute Gasteiger partial charge is 0.316 e. The maximum absolute atomic E-state index is 14.5. The van der Waals surface area contributed by atoms with E-state index in [1.165, 1.54) is 23.5 Å². The van der Waals surface area contributed by atoms with Gasteiger partial charge in [0.1, 0.15) is 10.7 Å². The molecule has 4 nitrogen and oxygen atoms in total. The zero-order chi connectivity index (χ0) is 15.6. The minimum atomic E-state index is -3.88. The normalized spacial score (nSPS) is 19.4. The Bertz CT molecular complexity index is 619. The van der Waals surface area contributed by atoms with Crippen LogP contribution in [0.1, 0.15) is 12.0 Å². The topological polar surface area (TPSA) is 49.4 Å². The van der Waals surface area contributed by atoms with Crippen LogP contribution in [0, 0.1) is 5.82 Å². The fraction of sp³-hybridized carbons (Fsp3) is 0.538. The molecule has 0 saturated carbocycles. The highest BCUT2D eigenvalue weighted by molar-refractivity contribution is 7.99. The summed E-state index contributed by atoms with van der Waals surface area (Å²) in [5.41, 5.74) is 0.248. The third-order valence-electron chi connectivity index (χ3n) is 3.52. The second kappa shape index (κ2) is 6.83. The smallest absolute Gasteiger partial charge is 0.246 e. The summed E-state index contributed by atoms with van der Waals surface area (Å²) in [6.07, 6.45) is 0.784. The molecule has 1 unspecified atom stereocenters. The van der Waals surface area contributed by atoms with Crippen LogP contribution in [-0.4, -0.2) is 44.4 Å². The van der Waals surface area contributed by atoms with Gasteiger partial charge in [-0.1, -0.05) is 11.6 Å². The molecule has 1 saturated heterocycles. The summed E-state index contributed by atoms with van der Waals surface area (Å²) in [6, 6.07) is 2.54. The van der Waals surface area contributed by atoms with Crippen LogP contribution in [0.3, 0.4) is 0 Å². The second-order valence-corrected chi connectivity index (χ2v) is 8.50. The van der Waals surface area contributed by atoms with Crippen molar-refractivity contribution in [2.24, 2.45) is 0 Å². The summed E-state index contributed by atoms with van der Waals surface area (Å²) in [5, 5.41) is 3.02. The SMILES string of the molecule is CNCc1cc(Cl)cc(S(=O)(=O)N(C)C2CCSC2)c1F. The van der Waals surface area contributed by atoms with Crippen LogP contribution in [0.25, 0.3) is 0 Å². The molecule has 1 aromatic carbocycles. The van der Waals surface area contributed by atoms with Crippen LogP contribution in [0.2, 0.25) is 5.02 Å². The third kappa shape index (κ3) is 3.53. The number of nitrogens with zero attached hydrogens (tertiary/aromatic N) is 1. The standard InChI is InChI=1S/C13H18ClFN2O2S2/c1-16-7-9-5-10(14)6-12(13(9)15)21(18,19)17(2)11-3-4-20-8-11/h5-6,11,16H,3-4,7-8H2,1-2H3. The Morgan fingerprint density at radius 1 is 1.52 bits per heavy atom. The van der Waals surface area contributed by atoms with Crippen molar-refractivity contribution in [1.82, 2.24) is 9.62 Å². The van der Waals surface area contributed by atoms with E-state index in [0.717, 1.165) is 17.9 Å². The van der Waals surface area contributed by atoms with Crippen molar-refractivity contribution in [2.75, 3.05) is 25.6 Å². The highest BCUT2D eigenvalue weighted by Crippen LogP contribution is 2.30. The molecule has 2 rings (SSSR count). The van der Waals surface area contributed by atoms with Crippen molar-refractivity contribution < 1.29 is 12.8 Å². The molecule has 1 aliphatic heterocycles. The van der Waals surface area contributed by atoms with Gasteiger partial charge in [0, 0.05) is 36.0 Å². The van der Waals surface area contributed by atoms with Crippen molar-refractivity contribution in [1.29, 1.82) is 0 Å². The Balaban J connectivity index is 2.43. The van der Waals surface area contributed by atoms with E-state index in [1.54, 1.807) is 18.8 Å². The van der Waals surface area contributed by atoms with Crippen LogP contribution >= 0.6 is 23.4 Å². The third-order valence-corrected chi connectivity index (χ3v) is 6.80. The summed E-state index contributed by atoms with van der Waals surface area (Å²) in [7, 11) is -0.717. The fourth-order valence-electron chi connectivity index (χ4n) is 2.29. The number of benzene rings is 1. The van der Waals surface area contributed by atoms with Gasteiger partial charge in [-0.2, -0.15) is 16.1 Å².